The predicted molar refractivity (Wildman–Crippen MR) is 75.2 cm³/mol. The monoisotopic (exact) mass is 272 g/mol. The van der Waals surface area contributed by atoms with E-state index in [1.54, 1.807) is 7.11 Å². The molecule has 0 radical (unpaired) electrons. The van der Waals surface area contributed by atoms with Gasteiger partial charge in [-0.25, -0.2) is 0 Å². The number of nitrogens with one attached hydrogen (secondary N) is 2. The van der Waals surface area contributed by atoms with Gasteiger partial charge in [0.05, 0.1) is 18.8 Å². The van der Waals surface area contributed by atoms with Gasteiger partial charge < -0.3 is 20.1 Å². The number of hydrogen-bond acceptors (Lipinski definition) is 4. The summed E-state index contributed by atoms with van der Waals surface area (Å²) in [5.74, 6) is 0.0298. The number of methoxy groups -OCH3 is 1. The van der Waals surface area contributed by atoms with Crippen LogP contribution in [0.4, 0.5) is 0 Å². The second-order valence-corrected chi connectivity index (χ2v) is 5.15. The summed E-state index contributed by atoms with van der Waals surface area (Å²) in [7, 11) is 1.63. The first-order valence-corrected chi connectivity index (χ1v) is 7.28. The molecule has 1 unspecified atom stereocenters. The van der Waals surface area contributed by atoms with Crippen molar-refractivity contribution in [1.29, 1.82) is 0 Å². The van der Waals surface area contributed by atoms with Crippen molar-refractivity contribution in [3.8, 4) is 0 Å². The third-order valence-corrected chi connectivity index (χ3v) is 3.96. The Labute approximate surface area is 116 Å². The van der Waals surface area contributed by atoms with Crippen LogP contribution < -0.4 is 10.6 Å². The molecule has 1 atom stereocenters. The Morgan fingerprint density at radius 2 is 2.16 bits per heavy atom. The molecule has 1 amide bonds. The van der Waals surface area contributed by atoms with Gasteiger partial charge in [0.2, 0.25) is 5.91 Å². The van der Waals surface area contributed by atoms with Crippen molar-refractivity contribution in [2.75, 3.05) is 33.4 Å². The molecule has 0 aromatic rings. The lowest BCUT2D eigenvalue weighted by Crippen LogP contribution is -2.48. The van der Waals surface area contributed by atoms with Crippen molar-refractivity contribution in [3.63, 3.8) is 0 Å². The average Bonchev–Trinajstić information content (AvgIpc) is 2.45. The Bertz CT molecular complexity index is 267. The third kappa shape index (κ3) is 5.47. The minimum Gasteiger partial charge on any atom is -0.383 e. The molecular formula is C14H28N2O3. The summed E-state index contributed by atoms with van der Waals surface area (Å²) in [5.41, 5.74) is 0.00242. The summed E-state index contributed by atoms with van der Waals surface area (Å²) < 4.78 is 10.8. The maximum atomic E-state index is 11.6. The zero-order chi connectivity index (χ0) is 14.1. The van der Waals surface area contributed by atoms with E-state index in [9.17, 15) is 4.79 Å². The standard InChI is InChI=1S/C14H28N2O3/c1-4-14(5-2)10-12(6-8-19-14)16-11-13(17)15-7-9-18-3/h12,16H,4-11H2,1-3H3,(H,15,17). The Kier molecular flexibility index (Phi) is 7.34. The van der Waals surface area contributed by atoms with Gasteiger partial charge in [-0.05, 0) is 25.7 Å². The lowest BCUT2D eigenvalue weighted by molar-refractivity contribution is -0.121. The van der Waals surface area contributed by atoms with Gasteiger partial charge in [-0.1, -0.05) is 13.8 Å². The van der Waals surface area contributed by atoms with Crippen LogP contribution in [0.1, 0.15) is 39.5 Å². The molecule has 1 rings (SSSR count). The largest absolute Gasteiger partial charge is 0.383 e. The highest BCUT2D eigenvalue weighted by Gasteiger charge is 2.34. The number of rotatable bonds is 8. The molecular weight excluding hydrogens is 244 g/mol. The number of carbonyl (C=O) groups is 1. The van der Waals surface area contributed by atoms with Crippen molar-refractivity contribution in [2.24, 2.45) is 0 Å². The number of amides is 1. The van der Waals surface area contributed by atoms with Crippen LogP contribution in [-0.2, 0) is 14.3 Å². The van der Waals surface area contributed by atoms with E-state index in [4.69, 9.17) is 9.47 Å². The molecule has 1 aliphatic rings. The van der Waals surface area contributed by atoms with Gasteiger partial charge in [-0.15, -0.1) is 0 Å². The molecule has 0 saturated carbocycles. The van der Waals surface area contributed by atoms with Crippen LogP contribution in [0.2, 0.25) is 0 Å². The Hall–Kier alpha value is -0.650. The second-order valence-electron chi connectivity index (χ2n) is 5.15. The van der Waals surface area contributed by atoms with Gasteiger partial charge >= 0.3 is 0 Å². The van der Waals surface area contributed by atoms with E-state index in [-0.39, 0.29) is 11.5 Å². The minimum atomic E-state index is 0.00242. The number of hydrogen-bond donors (Lipinski definition) is 2. The summed E-state index contributed by atoms with van der Waals surface area (Å²) in [4.78, 5) is 11.6. The van der Waals surface area contributed by atoms with E-state index in [0.29, 0.717) is 25.7 Å². The van der Waals surface area contributed by atoms with Gasteiger partial charge in [0, 0.05) is 26.3 Å². The molecule has 0 aromatic heterocycles. The number of ether oxygens (including phenoxy) is 2. The zero-order valence-electron chi connectivity index (χ0n) is 12.5. The van der Waals surface area contributed by atoms with Gasteiger partial charge in [0.25, 0.3) is 0 Å². The summed E-state index contributed by atoms with van der Waals surface area (Å²) in [5, 5.41) is 6.15. The molecule has 1 heterocycles. The first-order chi connectivity index (χ1) is 9.15. The molecule has 0 spiro atoms. The molecule has 1 aliphatic heterocycles. The fourth-order valence-corrected chi connectivity index (χ4v) is 2.54. The Morgan fingerprint density at radius 3 is 2.79 bits per heavy atom. The van der Waals surface area contributed by atoms with Gasteiger partial charge in [-0.2, -0.15) is 0 Å². The molecule has 5 heteroatoms. The topological polar surface area (TPSA) is 59.6 Å². The SMILES string of the molecule is CCC1(CC)CC(NCC(=O)NCCOC)CCO1. The molecule has 0 bridgehead atoms. The molecule has 0 aromatic carbocycles. The van der Waals surface area contributed by atoms with E-state index in [1.807, 2.05) is 0 Å². The van der Waals surface area contributed by atoms with Crippen LogP contribution in [0.5, 0.6) is 0 Å². The fraction of sp³-hybridized carbons (Fsp3) is 0.929. The van der Waals surface area contributed by atoms with Gasteiger partial charge in [-0.3, -0.25) is 4.79 Å². The predicted octanol–water partition coefficient (Wildman–Crippen LogP) is 1.08. The molecule has 0 aliphatic carbocycles. The summed E-state index contributed by atoms with van der Waals surface area (Å²) >= 11 is 0. The molecule has 19 heavy (non-hydrogen) atoms. The van der Waals surface area contributed by atoms with Crippen molar-refractivity contribution in [3.05, 3.63) is 0 Å². The van der Waals surface area contributed by atoms with Crippen LogP contribution in [0.25, 0.3) is 0 Å². The second kappa shape index (κ2) is 8.51. The smallest absolute Gasteiger partial charge is 0.234 e. The summed E-state index contributed by atoms with van der Waals surface area (Å²) in [6.07, 6.45) is 4.03. The molecule has 1 saturated heterocycles. The van der Waals surface area contributed by atoms with Crippen LogP contribution in [0.3, 0.4) is 0 Å². The van der Waals surface area contributed by atoms with Crippen LogP contribution in [-0.4, -0.2) is 51.0 Å². The number of carbonyl (C=O) groups excluding carboxylic acids is 1. The van der Waals surface area contributed by atoms with E-state index >= 15 is 0 Å². The maximum absolute atomic E-state index is 11.6. The highest BCUT2D eigenvalue weighted by molar-refractivity contribution is 5.77. The Morgan fingerprint density at radius 1 is 1.42 bits per heavy atom. The molecule has 1 fully saturated rings. The highest BCUT2D eigenvalue weighted by atomic mass is 16.5. The van der Waals surface area contributed by atoms with Crippen LogP contribution >= 0.6 is 0 Å². The summed E-state index contributed by atoms with van der Waals surface area (Å²) in [6, 6.07) is 0.377. The van der Waals surface area contributed by atoms with E-state index < -0.39 is 0 Å². The molecule has 2 N–H and O–H groups in total. The minimum absolute atomic E-state index is 0.00242. The van der Waals surface area contributed by atoms with Gasteiger partial charge in [0.1, 0.15) is 0 Å². The van der Waals surface area contributed by atoms with E-state index in [2.05, 4.69) is 24.5 Å². The average molecular weight is 272 g/mol. The normalized spacial score (nSPS) is 22.2. The molecule has 112 valence electrons. The maximum Gasteiger partial charge on any atom is 0.234 e. The van der Waals surface area contributed by atoms with Crippen LogP contribution in [0.15, 0.2) is 0 Å². The van der Waals surface area contributed by atoms with Crippen molar-refractivity contribution >= 4 is 5.91 Å². The lowest BCUT2D eigenvalue weighted by atomic mass is 9.86. The Balaban J connectivity index is 2.27. The summed E-state index contributed by atoms with van der Waals surface area (Å²) in [6.45, 7) is 6.62. The van der Waals surface area contributed by atoms with E-state index in [0.717, 1.165) is 32.3 Å². The van der Waals surface area contributed by atoms with Crippen LogP contribution in [0, 0.1) is 0 Å². The third-order valence-electron chi connectivity index (χ3n) is 3.96. The fourth-order valence-electron chi connectivity index (χ4n) is 2.54. The van der Waals surface area contributed by atoms with E-state index in [1.165, 1.54) is 0 Å². The lowest BCUT2D eigenvalue weighted by Gasteiger charge is -2.40. The quantitative estimate of drug-likeness (QED) is 0.649. The highest BCUT2D eigenvalue weighted by Crippen LogP contribution is 2.31. The molecule has 5 nitrogen and oxygen atoms in total. The van der Waals surface area contributed by atoms with Crippen molar-refractivity contribution < 1.29 is 14.3 Å². The first-order valence-electron chi connectivity index (χ1n) is 7.28. The first kappa shape index (κ1) is 16.4. The van der Waals surface area contributed by atoms with Gasteiger partial charge in [0.15, 0.2) is 0 Å². The van der Waals surface area contributed by atoms with Crippen molar-refractivity contribution in [2.45, 2.75) is 51.2 Å². The zero-order valence-corrected chi connectivity index (χ0v) is 12.5. The van der Waals surface area contributed by atoms with Crippen molar-refractivity contribution in [1.82, 2.24) is 10.6 Å².